The van der Waals surface area contributed by atoms with Gasteiger partial charge in [-0.3, -0.25) is 0 Å². The average Bonchev–Trinajstić information content (AvgIpc) is 2.54. The molecule has 0 unspecified atom stereocenters. The van der Waals surface area contributed by atoms with Crippen LogP contribution in [0.25, 0.3) is 0 Å². The van der Waals surface area contributed by atoms with Crippen molar-refractivity contribution in [3.05, 3.63) is 65.2 Å². The molecule has 3 heteroatoms. The van der Waals surface area contributed by atoms with Crippen molar-refractivity contribution in [1.29, 1.82) is 0 Å². The van der Waals surface area contributed by atoms with Crippen LogP contribution in [-0.2, 0) is 0 Å². The molecule has 118 valence electrons. The third-order valence-corrected chi connectivity index (χ3v) is 3.88. The number of aryl methyl sites for hydroxylation is 2. The molecule has 0 saturated carbocycles. The average molecular weight is 299 g/mol. The van der Waals surface area contributed by atoms with Crippen molar-refractivity contribution < 1.29 is 9.84 Å². The summed E-state index contributed by atoms with van der Waals surface area (Å²) in [7, 11) is 0. The Labute approximate surface area is 133 Å². The zero-order valence-corrected chi connectivity index (χ0v) is 13.5. The summed E-state index contributed by atoms with van der Waals surface area (Å²) in [6, 6.07) is 16.4. The molecule has 0 amide bonds. The number of aliphatic hydroxyl groups excluding tert-OH is 1. The molecule has 0 heterocycles. The molecule has 0 aliphatic rings. The summed E-state index contributed by atoms with van der Waals surface area (Å²) < 4.78 is 5.65. The van der Waals surface area contributed by atoms with Crippen molar-refractivity contribution in [3.8, 4) is 5.75 Å². The van der Waals surface area contributed by atoms with E-state index in [0.29, 0.717) is 6.54 Å². The lowest BCUT2D eigenvalue weighted by molar-refractivity contribution is 0.104. The normalized spacial score (nSPS) is 13.6. The molecule has 0 radical (unpaired) electrons. The summed E-state index contributed by atoms with van der Waals surface area (Å²) in [5.74, 6) is 0.804. The second-order valence-corrected chi connectivity index (χ2v) is 5.75. The first-order valence-electron chi connectivity index (χ1n) is 7.72. The zero-order valence-electron chi connectivity index (χ0n) is 13.5. The van der Waals surface area contributed by atoms with Gasteiger partial charge in [-0.1, -0.05) is 36.4 Å². The van der Waals surface area contributed by atoms with E-state index >= 15 is 0 Å². The van der Waals surface area contributed by atoms with Crippen LogP contribution in [0.1, 0.15) is 29.7 Å². The number of ether oxygens (including phenoxy) is 1. The maximum atomic E-state index is 10.0. The standard InChI is InChI=1S/C19H25NO2/c1-14-9-10-19(11-15(14)2)22-13-18(21)12-20-16(3)17-7-5-4-6-8-17/h4-11,16,18,20-21H,12-13H2,1-3H3/t16-,18-/m0/s1. The topological polar surface area (TPSA) is 41.5 Å². The summed E-state index contributed by atoms with van der Waals surface area (Å²) >= 11 is 0. The van der Waals surface area contributed by atoms with Crippen LogP contribution in [0.3, 0.4) is 0 Å². The minimum atomic E-state index is -0.534. The van der Waals surface area contributed by atoms with Gasteiger partial charge in [0, 0.05) is 12.6 Å². The molecule has 2 atom stereocenters. The monoisotopic (exact) mass is 299 g/mol. The number of nitrogens with one attached hydrogen (secondary N) is 1. The number of hydrogen-bond acceptors (Lipinski definition) is 3. The van der Waals surface area contributed by atoms with Crippen LogP contribution in [0.15, 0.2) is 48.5 Å². The molecule has 2 aromatic rings. The van der Waals surface area contributed by atoms with Crippen molar-refractivity contribution in [2.75, 3.05) is 13.2 Å². The Balaban J connectivity index is 1.76. The van der Waals surface area contributed by atoms with Gasteiger partial charge in [-0.2, -0.15) is 0 Å². The van der Waals surface area contributed by atoms with Gasteiger partial charge in [0.05, 0.1) is 0 Å². The van der Waals surface area contributed by atoms with E-state index in [1.165, 1.54) is 16.7 Å². The Kier molecular flexibility index (Phi) is 5.99. The number of hydrogen-bond donors (Lipinski definition) is 2. The number of aliphatic hydroxyl groups is 1. The van der Waals surface area contributed by atoms with Gasteiger partial charge >= 0.3 is 0 Å². The van der Waals surface area contributed by atoms with Gasteiger partial charge < -0.3 is 15.2 Å². The number of rotatable bonds is 7. The van der Waals surface area contributed by atoms with Crippen LogP contribution < -0.4 is 10.1 Å². The van der Waals surface area contributed by atoms with Crippen LogP contribution >= 0.6 is 0 Å². The Morgan fingerprint density at radius 3 is 2.45 bits per heavy atom. The molecular formula is C19H25NO2. The van der Waals surface area contributed by atoms with Gasteiger partial charge in [-0.25, -0.2) is 0 Å². The summed E-state index contributed by atoms with van der Waals surface area (Å²) in [4.78, 5) is 0. The Bertz CT molecular complexity index is 583. The van der Waals surface area contributed by atoms with E-state index in [0.717, 1.165) is 5.75 Å². The zero-order chi connectivity index (χ0) is 15.9. The second kappa shape index (κ2) is 7.97. The molecule has 0 aromatic heterocycles. The highest BCUT2D eigenvalue weighted by atomic mass is 16.5. The van der Waals surface area contributed by atoms with Crippen LogP contribution in [-0.4, -0.2) is 24.4 Å². The minimum Gasteiger partial charge on any atom is -0.491 e. The van der Waals surface area contributed by atoms with Crippen LogP contribution in [0.4, 0.5) is 0 Å². The van der Waals surface area contributed by atoms with Crippen molar-refractivity contribution in [2.24, 2.45) is 0 Å². The molecule has 0 aliphatic heterocycles. The lowest BCUT2D eigenvalue weighted by atomic mass is 10.1. The lowest BCUT2D eigenvalue weighted by Gasteiger charge is -2.18. The Morgan fingerprint density at radius 1 is 1.05 bits per heavy atom. The van der Waals surface area contributed by atoms with Crippen LogP contribution in [0, 0.1) is 13.8 Å². The highest BCUT2D eigenvalue weighted by Crippen LogP contribution is 2.16. The first-order valence-corrected chi connectivity index (χ1v) is 7.72. The van der Waals surface area contributed by atoms with Crippen LogP contribution in [0.2, 0.25) is 0 Å². The van der Waals surface area contributed by atoms with E-state index in [1.807, 2.05) is 36.4 Å². The summed E-state index contributed by atoms with van der Waals surface area (Å²) in [6.07, 6.45) is -0.534. The fourth-order valence-electron chi connectivity index (χ4n) is 2.23. The van der Waals surface area contributed by atoms with E-state index in [9.17, 15) is 5.11 Å². The fraction of sp³-hybridized carbons (Fsp3) is 0.368. The molecule has 2 N–H and O–H groups in total. The molecule has 0 fully saturated rings. The predicted octanol–water partition coefficient (Wildman–Crippen LogP) is 3.39. The molecule has 3 nitrogen and oxygen atoms in total. The van der Waals surface area contributed by atoms with Crippen molar-refractivity contribution in [2.45, 2.75) is 32.9 Å². The maximum Gasteiger partial charge on any atom is 0.119 e. The fourth-order valence-corrected chi connectivity index (χ4v) is 2.23. The maximum absolute atomic E-state index is 10.0. The van der Waals surface area contributed by atoms with Crippen LogP contribution in [0.5, 0.6) is 5.75 Å². The van der Waals surface area contributed by atoms with E-state index in [1.54, 1.807) is 0 Å². The molecule has 2 rings (SSSR count). The van der Waals surface area contributed by atoms with Gasteiger partial charge in [0.2, 0.25) is 0 Å². The van der Waals surface area contributed by atoms with E-state index in [2.05, 4.69) is 38.2 Å². The number of benzene rings is 2. The third kappa shape index (κ3) is 4.86. The molecule has 2 aromatic carbocycles. The second-order valence-electron chi connectivity index (χ2n) is 5.75. The summed E-state index contributed by atoms with van der Waals surface area (Å²) in [5.41, 5.74) is 3.65. The van der Waals surface area contributed by atoms with E-state index in [-0.39, 0.29) is 12.6 Å². The quantitative estimate of drug-likeness (QED) is 0.823. The van der Waals surface area contributed by atoms with Crippen molar-refractivity contribution >= 4 is 0 Å². The SMILES string of the molecule is Cc1ccc(OC[C@@H](O)CN[C@@H](C)c2ccccc2)cc1C. The molecular weight excluding hydrogens is 274 g/mol. The van der Waals surface area contributed by atoms with Crippen molar-refractivity contribution in [1.82, 2.24) is 5.32 Å². The van der Waals surface area contributed by atoms with Gasteiger partial charge in [0.1, 0.15) is 18.5 Å². The molecule has 0 saturated heterocycles. The van der Waals surface area contributed by atoms with Gasteiger partial charge in [0.15, 0.2) is 0 Å². The summed E-state index contributed by atoms with van der Waals surface area (Å²) in [5, 5.41) is 13.4. The highest BCUT2D eigenvalue weighted by molar-refractivity contribution is 5.33. The molecule has 22 heavy (non-hydrogen) atoms. The van der Waals surface area contributed by atoms with Gasteiger partial charge in [-0.05, 0) is 49.6 Å². The lowest BCUT2D eigenvalue weighted by Crippen LogP contribution is -2.33. The Hall–Kier alpha value is -1.84. The predicted molar refractivity (Wildman–Crippen MR) is 90.3 cm³/mol. The van der Waals surface area contributed by atoms with Crippen molar-refractivity contribution in [3.63, 3.8) is 0 Å². The largest absolute Gasteiger partial charge is 0.491 e. The van der Waals surface area contributed by atoms with E-state index < -0.39 is 6.10 Å². The Morgan fingerprint density at radius 2 is 1.77 bits per heavy atom. The highest BCUT2D eigenvalue weighted by Gasteiger charge is 2.09. The summed E-state index contributed by atoms with van der Waals surface area (Å²) in [6.45, 7) is 7.01. The first-order chi connectivity index (χ1) is 10.6. The minimum absolute atomic E-state index is 0.206. The molecule has 0 spiro atoms. The third-order valence-electron chi connectivity index (χ3n) is 3.88. The van der Waals surface area contributed by atoms with Gasteiger partial charge in [0.25, 0.3) is 0 Å². The molecule has 0 aliphatic carbocycles. The first kappa shape index (κ1) is 16.5. The van der Waals surface area contributed by atoms with E-state index in [4.69, 9.17) is 4.74 Å². The smallest absolute Gasteiger partial charge is 0.119 e. The van der Waals surface area contributed by atoms with Gasteiger partial charge in [-0.15, -0.1) is 0 Å². The molecule has 0 bridgehead atoms.